The van der Waals surface area contributed by atoms with Gasteiger partial charge < -0.3 is 4.90 Å². The highest BCUT2D eigenvalue weighted by atomic mass is 79.9. The van der Waals surface area contributed by atoms with E-state index >= 15 is 0 Å². The van der Waals surface area contributed by atoms with Gasteiger partial charge in [-0.3, -0.25) is 4.98 Å². The molecule has 0 amide bonds. The van der Waals surface area contributed by atoms with Gasteiger partial charge in [0.1, 0.15) is 0 Å². The molecule has 1 aromatic heterocycles. The number of anilines is 1. The van der Waals surface area contributed by atoms with Gasteiger partial charge in [0.05, 0.1) is 22.1 Å². The van der Waals surface area contributed by atoms with Crippen LogP contribution in [-0.4, -0.2) is 50.1 Å². The molecule has 1 fully saturated rings. The van der Waals surface area contributed by atoms with Crippen LogP contribution in [0, 0.1) is 6.92 Å². The minimum atomic E-state index is -3.07. The molecule has 0 atom stereocenters. The van der Waals surface area contributed by atoms with E-state index in [0.29, 0.717) is 26.2 Å². The van der Waals surface area contributed by atoms with E-state index in [0.717, 1.165) is 15.9 Å². The van der Waals surface area contributed by atoms with Crippen LogP contribution in [0.1, 0.15) is 5.69 Å². The first-order valence-electron chi connectivity index (χ1n) is 5.71. The van der Waals surface area contributed by atoms with Gasteiger partial charge in [0.15, 0.2) is 0 Å². The van der Waals surface area contributed by atoms with E-state index in [1.54, 1.807) is 6.20 Å². The van der Waals surface area contributed by atoms with Gasteiger partial charge in [-0.15, -0.1) is 0 Å². The number of aryl methyl sites for hydroxylation is 1. The van der Waals surface area contributed by atoms with Crippen LogP contribution >= 0.6 is 15.9 Å². The fourth-order valence-corrected chi connectivity index (χ4v) is 3.35. The number of aromatic nitrogens is 1. The molecule has 100 valence electrons. The summed E-state index contributed by atoms with van der Waals surface area (Å²) in [5, 5.41) is 0. The minimum Gasteiger partial charge on any atom is -0.368 e. The maximum absolute atomic E-state index is 11.4. The minimum absolute atomic E-state index is 0.534. The molecule has 0 saturated carbocycles. The Kier molecular flexibility index (Phi) is 3.93. The van der Waals surface area contributed by atoms with E-state index in [9.17, 15) is 8.42 Å². The topological polar surface area (TPSA) is 53.5 Å². The summed E-state index contributed by atoms with van der Waals surface area (Å²) in [6.45, 7) is 4.42. The van der Waals surface area contributed by atoms with Crippen LogP contribution in [0.15, 0.2) is 16.7 Å². The van der Waals surface area contributed by atoms with Crippen molar-refractivity contribution in [1.29, 1.82) is 0 Å². The Morgan fingerprint density at radius 3 is 2.44 bits per heavy atom. The summed E-state index contributed by atoms with van der Waals surface area (Å²) in [7, 11) is -3.07. The van der Waals surface area contributed by atoms with E-state index in [1.165, 1.54) is 10.6 Å². The predicted octanol–water partition coefficient (Wildman–Crippen LogP) is 1.23. The molecule has 1 aliphatic heterocycles. The lowest BCUT2D eigenvalue weighted by Gasteiger charge is -2.35. The first kappa shape index (κ1) is 13.8. The molecule has 2 rings (SSSR count). The molecule has 2 heterocycles. The Morgan fingerprint density at radius 2 is 1.89 bits per heavy atom. The summed E-state index contributed by atoms with van der Waals surface area (Å²) in [4.78, 5) is 6.39. The predicted molar refractivity (Wildman–Crippen MR) is 75.3 cm³/mol. The molecular formula is C11H16BrN3O2S. The summed E-state index contributed by atoms with van der Waals surface area (Å²) in [6, 6.07) is 1.95. The van der Waals surface area contributed by atoms with Crippen LogP contribution in [0.25, 0.3) is 0 Å². The van der Waals surface area contributed by atoms with Crippen molar-refractivity contribution in [2.24, 2.45) is 0 Å². The van der Waals surface area contributed by atoms with Gasteiger partial charge in [-0.2, -0.15) is 4.31 Å². The van der Waals surface area contributed by atoms with Crippen LogP contribution in [0.5, 0.6) is 0 Å². The molecule has 5 nitrogen and oxygen atoms in total. The Hall–Kier alpha value is -0.660. The molecule has 0 bridgehead atoms. The zero-order valence-electron chi connectivity index (χ0n) is 10.4. The second-order valence-corrected chi connectivity index (χ2v) is 7.15. The lowest BCUT2D eigenvalue weighted by molar-refractivity contribution is 0.388. The van der Waals surface area contributed by atoms with Gasteiger partial charge in [-0.05, 0) is 28.9 Å². The van der Waals surface area contributed by atoms with Gasteiger partial charge >= 0.3 is 0 Å². The highest BCUT2D eigenvalue weighted by Gasteiger charge is 2.24. The van der Waals surface area contributed by atoms with E-state index in [1.807, 2.05) is 13.0 Å². The van der Waals surface area contributed by atoms with Crippen molar-refractivity contribution < 1.29 is 8.42 Å². The van der Waals surface area contributed by atoms with Crippen molar-refractivity contribution in [3.8, 4) is 0 Å². The third-order valence-electron chi connectivity index (χ3n) is 3.09. The maximum atomic E-state index is 11.4. The van der Waals surface area contributed by atoms with Gasteiger partial charge in [0.2, 0.25) is 10.0 Å². The Morgan fingerprint density at radius 1 is 1.28 bits per heavy atom. The number of pyridine rings is 1. The second-order valence-electron chi connectivity index (χ2n) is 4.38. The fourth-order valence-electron chi connectivity index (χ4n) is 2.04. The van der Waals surface area contributed by atoms with Crippen molar-refractivity contribution in [3.05, 3.63) is 22.4 Å². The van der Waals surface area contributed by atoms with Crippen LogP contribution < -0.4 is 4.90 Å². The van der Waals surface area contributed by atoms with E-state index in [-0.39, 0.29) is 0 Å². The highest BCUT2D eigenvalue weighted by Crippen LogP contribution is 2.28. The zero-order valence-corrected chi connectivity index (χ0v) is 12.8. The van der Waals surface area contributed by atoms with E-state index < -0.39 is 10.0 Å². The van der Waals surface area contributed by atoms with Gasteiger partial charge in [-0.25, -0.2) is 8.42 Å². The number of hydrogen-bond acceptors (Lipinski definition) is 4. The van der Waals surface area contributed by atoms with Crippen molar-refractivity contribution >= 4 is 31.6 Å². The number of rotatable bonds is 2. The maximum Gasteiger partial charge on any atom is 0.211 e. The van der Waals surface area contributed by atoms with Gasteiger partial charge in [0, 0.05) is 32.4 Å². The summed E-state index contributed by atoms with van der Waals surface area (Å²) in [6.07, 6.45) is 3.04. The summed E-state index contributed by atoms with van der Waals surface area (Å²) in [5.74, 6) is 0. The number of piperazine rings is 1. The first-order valence-corrected chi connectivity index (χ1v) is 8.35. The molecule has 0 aromatic carbocycles. The largest absolute Gasteiger partial charge is 0.368 e. The SMILES string of the molecule is Cc1nccc(N2CCN(S(C)(=O)=O)CC2)c1Br. The average Bonchev–Trinajstić information content (AvgIpc) is 2.32. The summed E-state index contributed by atoms with van der Waals surface area (Å²) in [5.41, 5.74) is 2.02. The quantitative estimate of drug-likeness (QED) is 0.816. The normalized spacial score (nSPS) is 18.1. The number of halogens is 1. The molecule has 18 heavy (non-hydrogen) atoms. The van der Waals surface area contributed by atoms with Crippen molar-refractivity contribution in [2.75, 3.05) is 37.3 Å². The standard InChI is InChI=1S/C11H16BrN3O2S/c1-9-11(12)10(3-4-13-9)14-5-7-15(8-6-14)18(2,16)17/h3-4H,5-8H2,1-2H3. The third-order valence-corrected chi connectivity index (χ3v) is 5.37. The van der Waals surface area contributed by atoms with Crippen molar-refractivity contribution in [2.45, 2.75) is 6.92 Å². The summed E-state index contributed by atoms with van der Waals surface area (Å²) < 4.78 is 25.4. The number of nitrogens with zero attached hydrogens (tertiary/aromatic N) is 3. The number of hydrogen-bond donors (Lipinski definition) is 0. The van der Waals surface area contributed by atoms with Gasteiger partial charge in [-0.1, -0.05) is 0 Å². The highest BCUT2D eigenvalue weighted by molar-refractivity contribution is 9.10. The molecule has 0 aliphatic carbocycles. The second kappa shape index (κ2) is 5.14. The van der Waals surface area contributed by atoms with E-state index in [2.05, 4.69) is 25.8 Å². The molecule has 0 unspecified atom stereocenters. The molecule has 0 spiro atoms. The number of sulfonamides is 1. The Labute approximate surface area is 116 Å². The zero-order chi connectivity index (χ0) is 13.3. The van der Waals surface area contributed by atoms with E-state index in [4.69, 9.17) is 0 Å². The first-order chi connectivity index (χ1) is 8.39. The van der Waals surface area contributed by atoms with Crippen molar-refractivity contribution in [1.82, 2.24) is 9.29 Å². The lowest BCUT2D eigenvalue weighted by Crippen LogP contribution is -2.48. The Bertz CT molecular complexity index is 539. The molecule has 1 aliphatic rings. The fraction of sp³-hybridized carbons (Fsp3) is 0.545. The molecule has 0 radical (unpaired) electrons. The van der Waals surface area contributed by atoms with Crippen LogP contribution in [0.4, 0.5) is 5.69 Å². The Balaban J connectivity index is 2.13. The smallest absolute Gasteiger partial charge is 0.211 e. The molecule has 1 saturated heterocycles. The monoisotopic (exact) mass is 333 g/mol. The molecule has 0 N–H and O–H groups in total. The van der Waals surface area contributed by atoms with Crippen LogP contribution in [0.3, 0.4) is 0 Å². The molecule has 1 aromatic rings. The molecular weight excluding hydrogens is 318 g/mol. The van der Waals surface area contributed by atoms with Gasteiger partial charge in [0.25, 0.3) is 0 Å². The lowest BCUT2D eigenvalue weighted by atomic mass is 10.2. The molecule has 7 heteroatoms. The van der Waals surface area contributed by atoms with Crippen LogP contribution in [-0.2, 0) is 10.0 Å². The average molecular weight is 334 g/mol. The van der Waals surface area contributed by atoms with Crippen molar-refractivity contribution in [3.63, 3.8) is 0 Å². The summed E-state index contributed by atoms with van der Waals surface area (Å²) >= 11 is 3.53. The third kappa shape index (κ3) is 2.84. The van der Waals surface area contributed by atoms with Crippen LogP contribution in [0.2, 0.25) is 0 Å².